The Hall–Kier alpha value is -1.37. The average Bonchev–Trinajstić information content (AvgIpc) is 3.07. The summed E-state index contributed by atoms with van der Waals surface area (Å²) in [5.74, 6) is 1.79. The smallest absolute Gasteiger partial charge is 0.139 e. The molecular weight excluding hydrogens is 386 g/mol. The Bertz CT molecular complexity index is 695. The third-order valence-electron chi connectivity index (χ3n) is 5.44. The quantitative estimate of drug-likeness (QED) is 0.581. The molecule has 3 N–H and O–H groups in total. The number of nitrogens with two attached hydrogens (primary N) is 1. The largest absolute Gasteiger partial charge is 0.397 e. The number of aromatic nitrogens is 1. The molecule has 1 atom stereocenters. The fourth-order valence-corrected chi connectivity index (χ4v) is 3.73. The van der Waals surface area contributed by atoms with Crippen LogP contribution in [-0.4, -0.2) is 54.5 Å². The summed E-state index contributed by atoms with van der Waals surface area (Å²) in [7, 11) is 1.69. The molecule has 0 saturated carbocycles. The molecule has 29 heavy (non-hydrogen) atoms. The number of hydrogen-bond donors (Lipinski definition) is 2. The second-order valence-corrected chi connectivity index (χ2v) is 9.10. The predicted octanol–water partition coefficient (Wildman–Crippen LogP) is 4.23. The lowest BCUT2D eigenvalue weighted by Crippen LogP contribution is -2.41. The van der Waals surface area contributed by atoms with Crippen LogP contribution in [0.25, 0.3) is 5.70 Å². The fraction of sp³-hybridized carbons (Fsp3) is 0.727. The molecule has 1 aliphatic heterocycles. The maximum Gasteiger partial charge on any atom is 0.139 e. The van der Waals surface area contributed by atoms with Crippen molar-refractivity contribution < 1.29 is 4.52 Å². The lowest BCUT2D eigenvalue weighted by molar-refractivity contribution is 0.279. The molecule has 6 nitrogen and oxygen atoms in total. The van der Waals surface area contributed by atoms with Gasteiger partial charge >= 0.3 is 0 Å². The molecule has 1 aliphatic rings. The van der Waals surface area contributed by atoms with Crippen molar-refractivity contribution in [2.24, 2.45) is 16.6 Å². The Morgan fingerprint density at radius 2 is 2.14 bits per heavy atom. The van der Waals surface area contributed by atoms with Crippen LogP contribution in [0.5, 0.6) is 0 Å². The van der Waals surface area contributed by atoms with Crippen molar-refractivity contribution in [1.29, 1.82) is 0 Å². The van der Waals surface area contributed by atoms with E-state index < -0.39 is 0 Å². The normalized spacial score (nSPS) is 20.3. The zero-order valence-corrected chi connectivity index (χ0v) is 19.4. The molecule has 1 fully saturated rings. The van der Waals surface area contributed by atoms with Gasteiger partial charge < -0.3 is 15.6 Å². The molecule has 0 amide bonds. The van der Waals surface area contributed by atoms with Crippen molar-refractivity contribution in [3.8, 4) is 0 Å². The monoisotopic (exact) mass is 423 g/mol. The molecule has 1 aromatic heterocycles. The van der Waals surface area contributed by atoms with Gasteiger partial charge in [-0.1, -0.05) is 50.9 Å². The summed E-state index contributed by atoms with van der Waals surface area (Å²) in [4.78, 5) is 6.63. The van der Waals surface area contributed by atoms with Crippen molar-refractivity contribution in [2.45, 2.75) is 65.3 Å². The third-order valence-corrected chi connectivity index (χ3v) is 5.83. The highest BCUT2D eigenvalue weighted by Gasteiger charge is 2.22. The first-order chi connectivity index (χ1) is 13.8. The number of rotatable bonds is 9. The summed E-state index contributed by atoms with van der Waals surface area (Å²) in [6.07, 6.45) is 4.83. The zero-order valence-electron chi connectivity index (χ0n) is 18.7. The fourth-order valence-electron chi connectivity index (χ4n) is 3.57. The number of nitrogens with zero attached hydrogens (tertiary/aromatic N) is 3. The highest BCUT2D eigenvalue weighted by molar-refractivity contribution is 6.70. The first-order valence-corrected chi connectivity index (χ1v) is 11.2. The van der Waals surface area contributed by atoms with E-state index in [9.17, 15) is 0 Å². The summed E-state index contributed by atoms with van der Waals surface area (Å²) in [5.41, 5.74) is 8.48. The van der Waals surface area contributed by atoms with E-state index in [0.717, 1.165) is 36.9 Å². The Morgan fingerprint density at radius 3 is 2.76 bits per heavy atom. The van der Waals surface area contributed by atoms with Crippen LogP contribution in [0.3, 0.4) is 0 Å². The summed E-state index contributed by atoms with van der Waals surface area (Å²) in [5, 5.41) is 8.33. The molecule has 0 spiro atoms. The van der Waals surface area contributed by atoms with E-state index in [2.05, 4.69) is 48.1 Å². The average molecular weight is 424 g/mol. The van der Waals surface area contributed by atoms with Crippen molar-refractivity contribution in [2.75, 3.05) is 33.2 Å². The Balaban J connectivity index is 2.15. The number of nitrogens with one attached hydrogen (secondary N) is 1. The zero-order chi connectivity index (χ0) is 21.4. The van der Waals surface area contributed by atoms with Crippen LogP contribution in [0.15, 0.2) is 21.2 Å². The minimum absolute atomic E-state index is 0.256. The third kappa shape index (κ3) is 7.43. The molecular formula is C22H38ClN5O. The summed E-state index contributed by atoms with van der Waals surface area (Å²) >= 11 is 6.47. The van der Waals surface area contributed by atoms with E-state index in [1.807, 2.05) is 6.07 Å². The van der Waals surface area contributed by atoms with E-state index >= 15 is 0 Å². The summed E-state index contributed by atoms with van der Waals surface area (Å²) in [6.45, 7) is 12.4. The van der Waals surface area contributed by atoms with Crippen LogP contribution in [0, 0.1) is 5.92 Å². The molecule has 0 aromatic carbocycles. The lowest BCUT2D eigenvalue weighted by Gasteiger charge is -2.26. The minimum atomic E-state index is 0.256. The van der Waals surface area contributed by atoms with Gasteiger partial charge in [0.05, 0.1) is 5.70 Å². The maximum absolute atomic E-state index is 6.48. The van der Waals surface area contributed by atoms with Crippen LogP contribution >= 0.6 is 11.6 Å². The first kappa shape index (κ1) is 23.9. The number of hydrogen-bond acceptors (Lipinski definition) is 6. The Labute approximate surface area is 180 Å². The van der Waals surface area contributed by atoms with Gasteiger partial charge in [0.1, 0.15) is 16.6 Å². The van der Waals surface area contributed by atoms with Crippen LogP contribution in [0.1, 0.15) is 70.8 Å². The van der Waals surface area contributed by atoms with E-state index in [4.69, 9.17) is 21.9 Å². The van der Waals surface area contributed by atoms with Gasteiger partial charge in [0.15, 0.2) is 0 Å². The topological polar surface area (TPSA) is 79.7 Å². The Morgan fingerprint density at radius 1 is 1.38 bits per heavy atom. The van der Waals surface area contributed by atoms with Crippen LogP contribution in [0.4, 0.5) is 0 Å². The molecule has 0 radical (unpaired) electrons. The van der Waals surface area contributed by atoms with E-state index in [-0.39, 0.29) is 5.92 Å². The van der Waals surface area contributed by atoms with Crippen LogP contribution < -0.4 is 11.1 Å². The summed E-state index contributed by atoms with van der Waals surface area (Å²) < 4.78 is 5.43. The standard InChI is InChI=1S/C22H38ClN5O/c1-15(2)9-10-26-17-8-6-7-11-28(13-17)14-18(22(23)25-5)21(24)19-12-20(16(3)4)29-27-19/h12,15-17,26H,6-11,13-14,24H2,1-5H3/b21-18-,25-22?. The van der Waals surface area contributed by atoms with Gasteiger partial charge in [0.25, 0.3) is 0 Å². The second-order valence-electron chi connectivity index (χ2n) is 8.74. The summed E-state index contributed by atoms with van der Waals surface area (Å²) in [6, 6.07) is 2.40. The number of likely N-dealkylation sites (tertiary alicyclic amines) is 1. The van der Waals surface area contributed by atoms with Crippen molar-refractivity contribution in [1.82, 2.24) is 15.4 Å². The van der Waals surface area contributed by atoms with Gasteiger partial charge in [-0.25, -0.2) is 0 Å². The minimum Gasteiger partial charge on any atom is -0.397 e. The predicted molar refractivity (Wildman–Crippen MR) is 122 cm³/mol. The molecule has 0 aliphatic carbocycles. The maximum atomic E-state index is 6.48. The van der Waals surface area contributed by atoms with Gasteiger partial charge in [-0.05, 0) is 38.3 Å². The van der Waals surface area contributed by atoms with Gasteiger partial charge in [-0.2, -0.15) is 0 Å². The highest BCUT2D eigenvalue weighted by atomic mass is 35.5. The van der Waals surface area contributed by atoms with Gasteiger partial charge in [-0.3, -0.25) is 9.89 Å². The number of aliphatic imine (C=N–C) groups is 1. The molecule has 1 saturated heterocycles. The molecule has 2 heterocycles. The van der Waals surface area contributed by atoms with E-state index in [1.165, 1.54) is 25.7 Å². The van der Waals surface area contributed by atoms with Crippen LogP contribution in [-0.2, 0) is 0 Å². The SMILES string of the molecule is CN=C(Cl)/C(CN1CCCCC(NCCC(C)C)C1)=C(\N)c1cc(C(C)C)on1. The van der Waals surface area contributed by atoms with Gasteiger partial charge in [0, 0.05) is 43.7 Å². The Kier molecular flexibility index (Phi) is 9.66. The van der Waals surface area contributed by atoms with Crippen molar-refractivity contribution >= 4 is 22.5 Å². The van der Waals surface area contributed by atoms with Crippen molar-refractivity contribution in [3.63, 3.8) is 0 Å². The molecule has 0 bridgehead atoms. The number of halogens is 1. The molecule has 164 valence electrons. The molecule has 2 rings (SSSR count). The molecule has 1 unspecified atom stereocenters. The van der Waals surface area contributed by atoms with E-state index in [0.29, 0.717) is 29.1 Å². The van der Waals surface area contributed by atoms with Gasteiger partial charge in [0.2, 0.25) is 0 Å². The second kappa shape index (κ2) is 11.7. The first-order valence-electron chi connectivity index (χ1n) is 10.9. The van der Waals surface area contributed by atoms with Crippen molar-refractivity contribution in [3.05, 3.63) is 23.1 Å². The highest BCUT2D eigenvalue weighted by Crippen LogP contribution is 2.22. The molecule has 1 aromatic rings. The van der Waals surface area contributed by atoms with Gasteiger partial charge in [-0.15, -0.1) is 0 Å². The van der Waals surface area contributed by atoms with E-state index in [1.54, 1.807) is 7.05 Å². The molecule has 7 heteroatoms. The lowest BCUT2D eigenvalue weighted by atomic mass is 10.1. The van der Waals surface area contributed by atoms with Crippen LogP contribution in [0.2, 0.25) is 0 Å².